The van der Waals surface area contributed by atoms with E-state index in [4.69, 9.17) is 0 Å². The summed E-state index contributed by atoms with van der Waals surface area (Å²) < 4.78 is 38.3. The molecule has 26 heavy (non-hydrogen) atoms. The quantitative estimate of drug-likeness (QED) is 0.634. The van der Waals surface area contributed by atoms with Crippen LogP contribution in [0.4, 0.5) is 24.5 Å². The van der Waals surface area contributed by atoms with Gasteiger partial charge in [-0.25, -0.2) is 0 Å². The van der Waals surface area contributed by atoms with Crippen LogP contribution in [0.5, 0.6) is 0 Å². The second-order valence-corrected chi connectivity index (χ2v) is 6.34. The smallest absolute Gasteiger partial charge is 0.375 e. The molecule has 1 heterocycles. The van der Waals surface area contributed by atoms with E-state index in [-0.39, 0.29) is 11.7 Å². The van der Waals surface area contributed by atoms with Gasteiger partial charge in [0.1, 0.15) is 5.69 Å². The fraction of sp³-hybridized carbons (Fsp3) is 0.333. The van der Waals surface area contributed by atoms with E-state index < -0.39 is 22.4 Å². The Balaban J connectivity index is 1.68. The van der Waals surface area contributed by atoms with Gasteiger partial charge in [0, 0.05) is 31.7 Å². The normalized spacial score (nSPS) is 18.0. The molecule has 1 saturated heterocycles. The number of nitrogens with one attached hydrogen (secondary N) is 1. The van der Waals surface area contributed by atoms with Gasteiger partial charge in [0.05, 0.1) is 10.5 Å². The van der Waals surface area contributed by atoms with Gasteiger partial charge in [-0.2, -0.15) is 13.2 Å². The van der Waals surface area contributed by atoms with Crippen molar-refractivity contribution in [1.82, 2.24) is 4.90 Å². The zero-order chi connectivity index (χ0) is 18.7. The van der Waals surface area contributed by atoms with Gasteiger partial charge < -0.3 is 5.32 Å². The number of hydrogen-bond acceptors (Lipinski definition) is 4. The van der Waals surface area contributed by atoms with Crippen LogP contribution in [0.2, 0.25) is 0 Å². The van der Waals surface area contributed by atoms with Gasteiger partial charge in [-0.3, -0.25) is 15.0 Å². The molecule has 2 aromatic carbocycles. The topological polar surface area (TPSA) is 58.4 Å². The highest BCUT2D eigenvalue weighted by molar-refractivity contribution is 5.63. The second-order valence-electron chi connectivity index (χ2n) is 6.34. The Kier molecular flexibility index (Phi) is 5.13. The summed E-state index contributed by atoms with van der Waals surface area (Å²) >= 11 is 0. The average Bonchev–Trinajstić information content (AvgIpc) is 3.02. The zero-order valence-electron chi connectivity index (χ0n) is 13.9. The van der Waals surface area contributed by atoms with Crippen LogP contribution in [0.3, 0.4) is 0 Å². The van der Waals surface area contributed by atoms with Gasteiger partial charge in [0.2, 0.25) is 0 Å². The van der Waals surface area contributed by atoms with Crippen molar-refractivity contribution in [2.24, 2.45) is 0 Å². The molecule has 0 radical (unpaired) electrons. The predicted octanol–water partition coefficient (Wildman–Crippen LogP) is 4.30. The molecule has 1 aliphatic heterocycles. The van der Waals surface area contributed by atoms with E-state index in [1.807, 2.05) is 30.3 Å². The van der Waals surface area contributed by atoms with Gasteiger partial charge in [-0.1, -0.05) is 30.3 Å². The number of nitrogens with zero attached hydrogens (tertiary/aromatic N) is 2. The van der Waals surface area contributed by atoms with E-state index in [1.54, 1.807) is 0 Å². The number of nitro groups is 1. The Morgan fingerprint density at radius 3 is 2.58 bits per heavy atom. The monoisotopic (exact) mass is 365 g/mol. The molecular weight excluding hydrogens is 347 g/mol. The van der Waals surface area contributed by atoms with Crippen LogP contribution in [0, 0.1) is 10.1 Å². The zero-order valence-corrected chi connectivity index (χ0v) is 13.9. The molecule has 5 nitrogen and oxygen atoms in total. The molecule has 0 bridgehead atoms. The maximum atomic E-state index is 12.8. The second kappa shape index (κ2) is 7.33. The molecule has 0 saturated carbocycles. The summed E-state index contributed by atoms with van der Waals surface area (Å²) in [5.74, 6) is 0. The van der Waals surface area contributed by atoms with Crippen LogP contribution in [0.25, 0.3) is 0 Å². The molecule has 0 amide bonds. The molecule has 1 N–H and O–H groups in total. The summed E-state index contributed by atoms with van der Waals surface area (Å²) in [6, 6.07) is 12.5. The number of alkyl halides is 3. The Morgan fingerprint density at radius 1 is 1.19 bits per heavy atom. The van der Waals surface area contributed by atoms with E-state index in [0.717, 1.165) is 31.6 Å². The lowest BCUT2D eigenvalue weighted by Gasteiger charge is -2.18. The molecule has 2 aromatic rings. The minimum atomic E-state index is -4.61. The standard InChI is InChI=1S/C18H18F3N3O2/c19-18(20,21)14-6-7-16(17(10-14)24(25)26)22-15-8-9-23(12-15)11-13-4-2-1-3-5-13/h1-7,10,15,22H,8-9,11-12H2/t15-/m0/s1. The molecule has 1 aliphatic rings. The van der Waals surface area contributed by atoms with Crippen LogP contribution in [-0.4, -0.2) is 29.0 Å². The largest absolute Gasteiger partial charge is 0.416 e. The number of benzene rings is 2. The maximum absolute atomic E-state index is 12.8. The Morgan fingerprint density at radius 2 is 1.92 bits per heavy atom. The lowest BCUT2D eigenvalue weighted by molar-refractivity contribution is -0.384. The average molecular weight is 365 g/mol. The van der Waals surface area contributed by atoms with E-state index in [9.17, 15) is 23.3 Å². The number of anilines is 1. The van der Waals surface area contributed by atoms with Gasteiger partial charge in [0.25, 0.3) is 5.69 Å². The lowest BCUT2D eigenvalue weighted by atomic mass is 10.1. The number of hydrogen-bond donors (Lipinski definition) is 1. The molecule has 138 valence electrons. The molecular formula is C18H18F3N3O2. The highest BCUT2D eigenvalue weighted by Gasteiger charge is 2.33. The molecule has 1 atom stereocenters. The number of rotatable bonds is 5. The van der Waals surface area contributed by atoms with Gasteiger partial charge in [-0.05, 0) is 24.1 Å². The Labute approximate surface area is 148 Å². The molecule has 0 aliphatic carbocycles. The number of nitro benzene ring substituents is 1. The summed E-state index contributed by atoms with van der Waals surface area (Å²) in [6.45, 7) is 2.27. The third-order valence-electron chi connectivity index (χ3n) is 4.40. The predicted molar refractivity (Wildman–Crippen MR) is 91.8 cm³/mol. The minimum absolute atomic E-state index is 0.0471. The number of likely N-dealkylation sites (tertiary alicyclic amines) is 1. The van der Waals surface area contributed by atoms with Gasteiger partial charge >= 0.3 is 6.18 Å². The van der Waals surface area contributed by atoms with E-state index in [0.29, 0.717) is 12.6 Å². The fourth-order valence-corrected chi connectivity index (χ4v) is 3.14. The first-order valence-corrected chi connectivity index (χ1v) is 8.21. The number of halogens is 3. The fourth-order valence-electron chi connectivity index (χ4n) is 3.14. The third-order valence-corrected chi connectivity index (χ3v) is 4.40. The van der Waals surface area contributed by atoms with E-state index in [1.165, 1.54) is 5.56 Å². The van der Waals surface area contributed by atoms with Crippen molar-refractivity contribution in [3.8, 4) is 0 Å². The van der Waals surface area contributed by atoms with E-state index in [2.05, 4.69) is 10.2 Å². The van der Waals surface area contributed by atoms with Crippen LogP contribution in [-0.2, 0) is 12.7 Å². The molecule has 8 heteroatoms. The Hall–Kier alpha value is -2.61. The summed E-state index contributed by atoms with van der Waals surface area (Å²) in [6.07, 6.45) is -3.84. The van der Waals surface area contributed by atoms with Crippen molar-refractivity contribution < 1.29 is 18.1 Å². The minimum Gasteiger partial charge on any atom is -0.375 e. The van der Waals surface area contributed by atoms with Crippen LogP contribution < -0.4 is 5.32 Å². The third kappa shape index (κ3) is 4.32. The first-order chi connectivity index (χ1) is 12.3. The van der Waals surface area contributed by atoms with Crippen molar-refractivity contribution in [3.05, 3.63) is 69.8 Å². The Bertz CT molecular complexity index is 781. The molecule has 1 fully saturated rings. The molecule has 0 spiro atoms. The highest BCUT2D eigenvalue weighted by atomic mass is 19.4. The van der Waals surface area contributed by atoms with Crippen LogP contribution >= 0.6 is 0 Å². The summed E-state index contributed by atoms with van der Waals surface area (Å²) in [4.78, 5) is 12.6. The lowest BCUT2D eigenvalue weighted by Crippen LogP contribution is -2.26. The molecule has 0 unspecified atom stereocenters. The van der Waals surface area contributed by atoms with Crippen molar-refractivity contribution in [2.75, 3.05) is 18.4 Å². The van der Waals surface area contributed by atoms with Gasteiger partial charge in [0.15, 0.2) is 0 Å². The maximum Gasteiger partial charge on any atom is 0.416 e. The first kappa shape index (κ1) is 18.2. The van der Waals surface area contributed by atoms with Gasteiger partial charge in [-0.15, -0.1) is 0 Å². The van der Waals surface area contributed by atoms with Crippen molar-refractivity contribution >= 4 is 11.4 Å². The SMILES string of the molecule is O=[N+]([O-])c1cc(C(F)(F)F)ccc1N[C@H]1CCN(Cc2ccccc2)C1. The molecule has 0 aromatic heterocycles. The summed E-state index contributed by atoms with van der Waals surface area (Å²) in [5, 5.41) is 14.2. The van der Waals surface area contributed by atoms with Crippen molar-refractivity contribution in [1.29, 1.82) is 0 Å². The first-order valence-electron chi connectivity index (χ1n) is 8.21. The summed E-state index contributed by atoms with van der Waals surface area (Å²) in [7, 11) is 0. The summed E-state index contributed by atoms with van der Waals surface area (Å²) in [5.41, 5.74) is -0.281. The van der Waals surface area contributed by atoms with Crippen LogP contribution in [0.1, 0.15) is 17.5 Å². The van der Waals surface area contributed by atoms with E-state index >= 15 is 0 Å². The van der Waals surface area contributed by atoms with Crippen molar-refractivity contribution in [2.45, 2.75) is 25.2 Å². The highest BCUT2D eigenvalue weighted by Crippen LogP contribution is 2.35. The van der Waals surface area contributed by atoms with Crippen molar-refractivity contribution in [3.63, 3.8) is 0 Å². The van der Waals surface area contributed by atoms with Crippen LogP contribution in [0.15, 0.2) is 48.5 Å². The molecule has 3 rings (SSSR count).